The number of nitrogens with two attached hydrogens (primary N) is 1. The monoisotopic (exact) mass is 269 g/mol. The normalized spacial score (nSPS) is 22.7. The summed E-state index contributed by atoms with van der Waals surface area (Å²) < 4.78 is 31.0. The summed E-state index contributed by atoms with van der Waals surface area (Å²) in [5, 5.41) is 9.27. The van der Waals surface area contributed by atoms with E-state index in [2.05, 4.69) is 11.9 Å². The molecule has 19 heavy (non-hydrogen) atoms. The summed E-state index contributed by atoms with van der Waals surface area (Å²) in [6, 6.07) is 0. The Labute approximate surface area is 110 Å². The number of ether oxygens (including phenoxy) is 1. The molecule has 6 heteroatoms. The third-order valence-corrected chi connectivity index (χ3v) is 2.60. The Bertz CT molecular complexity index is 469. The zero-order valence-electron chi connectivity index (χ0n) is 10.7. The lowest BCUT2D eigenvalue weighted by Crippen LogP contribution is -2.24. The molecule has 0 bridgehead atoms. The van der Waals surface area contributed by atoms with Crippen LogP contribution in [0.5, 0.6) is 0 Å². The largest absolute Gasteiger partial charge is 0.478 e. The second-order valence-electron chi connectivity index (χ2n) is 4.54. The third-order valence-electron chi connectivity index (χ3n) is 2.60. The predicted octanol–water partition coefficient (Wildman–Crippen LogP) is 2.63. The van der Waals surface area contributed by atoms with E-state index in [0.717, 1.165) is 6.20 Å². The molecule has 0 saturated heterocycles. The molecule has 0 spiro atoms. The van der Waals surface area contributed by atoms with E-state index < -0.39 is 11.7 Å². The third kappa shape index (κ3) is 4.95. The van der Waals surface area contributed by atoms with E-state index in [1.807, 2.05) is 6.92 Å². The summed E-state index contributed by atoms with van der Waals surface area (Å²) in [6.07, 6.45) is 6.00. The van der Waals surface area contributed by atoms with Gasteiger partial charge in [-0.15, -0.1) is 0 Å². The van der Waals surface area contributed by atoms with Gasteiger partial charge >= 0.3 is 0 Å². The van der Waals surface area contributed by atoms with Gasteiger partial charge in [0, 0.05) is 11.6 Å². The summed E-state index contributed by atoms with van der Waals surface area (Å²) in [5.74, 6) is -1.72. The van der Waals surface area contributed by atoms with Crippen molar-refractivity contribution >= 4 is 5.84 Å². The van der Waals surface area contributed by atoms with Crippen LogP contribution >= 0.6 is 0 Å². The van der Waals surface area contributed by atoms with Crippen LogP contribution in [0.15, 0.2) is 48.5 Å². The lowest BCUT2D eigenvalue weighted by Gasteiger charge is -2.27. The highest BCUT2D eigenvalue weighted by atomic mass is 19.1. The first-order valence-electron chi connectivity index (χ1n) is 5.66. The van der Waals surface area contributed by atoms with E-state index in [4.69, 9.17) is 15.9 Å². The minimum atomic E-state index is -0.904. The molecule has 0 aromatic heterocycles. The first-order chi connectivity index (χ1) is 8.82. The van der Waals surface area contributed by atoms with Crippen molar-refractivity contribution in [1.82, 2.24) is 5.32 Å². The van der Waals surface area contributed by atoms with E-state index in [1.54, 1.807) is 6.08 Å². The highest BCUT2D eigenvalue weighted by Gasteiger charge is 2.23. The number of amidine groups is 1. The number of hydrogen-bond acceptors (Lipinski definition) is 3. The second kappa shape index (κ2) is 6.17. The van der Waals surface area contributed by atoms with Crippen LogP contribution < -0.4 is 11.1 Å². The van der Waals surface area contributed by atoms with Crippen LogP contribution in [0, 0.1) is 10.8 Å². The molecule has 0 fully saturated rings. The van der Waals surface area contributed by atoms with E-state index in [1.165, 1.54) is 12.2 Å². The molecule has 1 atom stereocenters. The lowest BCUT2D eigenvalue weighted by atomic mass is 9.84. The van der Waals surface area contributed by atoms with Crippen molar-refractivity contribution in [2.45, 2.75) is 13.3 Å². The van der Waals surface area contributed by atoms with Gasteiger partial charge in [0.25, 0.3) is 0 Å². The Morgan fingerprint density at radius 2 is 2.42 bits per heavy atom. The molecular formula is C13H17F2N3O. The van der Waals surface area contributed by atoms with Gasteiger partial charge in [-0.05, 0) is 25.2 Å². The number of halogens is 2. The summed E-state index contributed by atoms with van der Waals surface area (Å²) in [5.41, 5.74) is 4.60. The molecular weight excluding hydrogens is 252 g/mol. The first kappa shape index (κ1) is 14.9. The maximum atomic E-state index is 12.9. The van der Waals surface area contributed by atoms with Crippen LogP contribution in [0.2, 0.25) is 0 Å². The van der Waals surface area contributed by atoms with Crippen molar-refractivity contribution in [3.63, 3.8) is 0 Å². The van der Waals surface area contributed by atoms with E-state index in [0.29, 0.717) is 6.42 Å². The SMILES string of the molecule is C=C(NC=C(F)C(=N)N)OCC1(C)C=CC(F)=CC1. The first-order valence-corrected chi connectivity index (χ1v) is 5.66. The summed E-state index contributed by atoms with van der Waals surface area (Å²) in [4.78, 5) is 0. The molecule has 0 aromatic carbocycles. The van der Waals surface area contributed by atoms with Crippen LogP contribution in [0.1, 0.15) is 13.3 Å². The Morgan fingerprint density at radius 3 is 2.95 bits per heavy atom. The van der Waals surface area contributed by atoms with Gasteiger partial charge in [-0.25, -0.2) is 8.78 Å². The molecule has 1 aliphatic rings. The summed E-state index contributed by atoms with van der Waals surface area (Å²) >= 11 is 0. The average molecular weight is 269 g/mol. The van der Waals surface area contributed by atoms with Gasteiger partial charge in [0.2, 0.25) is 0 Å². The zero-order chi connectivity index (χ0) is 14.5. The van der Waals surface area contributed by atoms with Crippen LogP contribution in [0.4, 0.5) is 8.78 Å². The maximum Gasteiger partial charge on any atom is 0.183 e. The van der Waals surface area contributed by atoms with E-state index in [9.17, 15) is 8.78 Å². The van der Waals surface area contributed by atoms with Crippen molar-refractivity contribution in [3.8, 4) is 0 Å². The van der Waals surface area contributed by atoms with Crippen molar-refractivity contribution in [2.75, 3.05) is 6.61 Å². The molecule has 104 valence electrons. The number of nitrogens with one attached hydrogen (secondary N) is 2. The standard InChI is InChI=1S/C13H17F2N3O/c1-9(18-7-11(15)12(16)17)19-8-13(2)5-3-10(14)4-6-13/h3-5,7,18H,1,6,8H2,2H3,(H3,16,17). The molecule has 0 aromatic rings. The van der Waals surface area contributed by atoms with Crippen molar-refractivity contribution in [1.29, 1.82) is 5.41 Å². The molecule has 1 aliphatic carbocycles. The molecule has 4 nitrogen and oxygen atoms in total. The summed E-state index contributed by atoms with van der Waals surface area (Å²) in [7, 11) is 0. The second-order valence-corrected chi connectivity index (χ2v) is 4.54. The lowest BCUT2D eigenvalue weighted by molar-refractivity contribution is 0.125. The number of rotatable bonds is 6. The van der Waals surface area contributed by atoms with Gasteiger partial charge in [-0.3, -0.25) is 5.41 Å². The zero-order valence-corrected chi connectivity index (χ0v) is 10.7. The van der Waals surface area contributed by atoms with Crippen LogP contribution in [-0.4, -0.2) is 12.4 Å². The molecule has 4 N–H and O–H groups in total. The Morgan fingerprint density at radius 1 is 1.74 bits per heavy atom. The molecule has 0 saturated carbocycles. The van der Waals surface area contributed by atoms with Crippen molar-refractivity contribution in [2.24, 2.45) is 11.1 Å². The number of hydrogen-bond donors (Lipinski definition) is 3. The van der Waals surface area contributed by atoms with Gasteiger partial charge in [0.15, 0.2) is 17.5 Å². The molecule has 1 rings (SSSR count). The van der Waals surface area contributed by atoms with Gasteiger partial charge in [-0.2, -0.15) is 0 Å². The van der Waals surface area contributed by atoms with Crippen molar-refractivity contribution < 1.29 is 13.5 Å². The Balaban J connectivity index is 2.41. The quantitative estimate of drug-likeness (QED) is 0.394. The number of allylic oxidation sites excluding steroid dienone is 3. The Hall–Kier alpha value is -2.11. The molecule has 0 amide bonds. The summed E-state index contributed by atoms with van der Waals surface area (Å²) in [6.45, 7) is 5.73. The fraction of sp³-hybridized carbons (Fsp3) is 0.308. The van der Waals surface area contributed by atoms with E-state index >= 15 is 0 Å². The molecule has 0 radical (unpaired) electrons. The van der Waals surface area contributed by atoms with Crippen molar-refractivity contribution in [3.05, 3.63) is 48.5 Å². The topological polar surface area (TPSA) is 71.1 Å². The predicted molar refractivity (Wildman–Crippen MR) is 70.4 cm³/mol. The fourth-order valence-electron chi connectivity index (χ4n) is 1.37. The van der Waals surface area contributed by atoms with Gasteiger partial charge in [0.05, 0.1) is 6.61 Å². The minimum Gasteiger partial charge on any atom is -0.478 e. The molecule has 0 aliphatic heterocycles. The van der Waals surface area contributed by atoms with Gasteiger partial charge in [0.1, 0.15) is 5.83 Å². The highest BCUT2D eigenvalue weighted by Crippen LogP contribution is 2.30. The highest BCUT2D eigenvalue weighted by molar-refractivity contribution is 5.91. The smallest absolute Gasteiger partial charge is 0.183 e. The Kier molecular flexibility index (Phi) is 4.86. The van der Waals surface area contributed by atoms with E-state index in [-0.39, 0.29) is 23.7 Å². The fourth-order valence-corrected chi connectivity index (χ4v) is 1.37. The van der Waals surface area contributed by atoms with Crippen LogP contribution in [-0.2, 0) is 4.74 Å². The van der Waals surface area contributed by atoms with Crippen LogP contribution in [0.3, 0.4) is 0 Å². The molecule has 1 unspecified atom stereocenters. The minimum absolute atomic E-state index is 0.126. The van der Waals surface area contributed by atoms with Gasteiger partial charge < -0.3 is 15.8 Å². The molecule has 0 heterocycles. The van der Waals surface area contributed by atoms with Crippen LogP contribution in [0.25, 0.3) is 0 Å². The average Bonchev–Trinajstić information content (AvgIpc) is 2.37. The maximum absolute atomic E-state index is 12.9. The van der Waals surface area contributed by atoms with Gasteiger partial charge in [-0.1, -0.05) is 13.0 Å².